The molecule has 90 valence electrons. The predicted molar refractivity (Wildman–Crippen MR) is 68.9 cm³/mol. The molecule has 0 spiro atoms. The minimum Gasteiger partial charge on any atom is -0.491 e. The Labute approximate surface area is 109 Å². The van der Waals surface area contributed by atoms with Crippen LogP contribution in [-0.4, -0.2) is 27.0 Å². The van der Waals surface area contributed by atoms with Gasteiger partial charge >= 0.3 is 0 Å². The summed E-state index contributed by atoms with van der Waals surface area (Å²) in [5.41, 5.74) is 0.976. The molecule has 1 aromatic carbocycles. The molecule has 0 amide bonds. The van der Waals surface area contributed by atoms with Crippen molar-refractivity contribution >= 4 is 37.4 Å². The molecule has 0 atom stereocenters. The predicted octanol–water partition coefficient (Wildman–Crippen LogP) is 2.61. The Bertz CT molecular complexity index is 459. The monoisotopic (exact) mass is 326 g/mol. The van der Waals surface area contributed by atoms with Gasteiger partial charge in [-0.2, -0.15) is 0 Å². The van der Waals surface area contributed by atoms with Crippen LogP contribution in [0.1, 0.15) is 5.56 Å². The number of ether oxygens (including phenoxy) is 1. The standard InChI is InChI=1S/C10H12BrClO3S/c1-16(13,14)5-4-15-10-3-2-8(7-12)6-9(10)11/h2-3,6H,4-5,7H2,1H3. The summed E-state index contributed by atoms with van der Waals surface area (Å²) in [5, 5.41) is 0. The molecule has 0 N–H and O–H groups in total. The summed E-state index contributed by atoms with van der Waals surface area (Å²) in [6.45, 7) is 0.150. The smallest absolute Gasteiger partial charge is 0.150 e. The van der Waals surface area contributed by atoms with Crippen molar-refractivity contribution in [1.82, 2.24) is 0 Å². The highest BCUT2D eigenvalue weighted by Gasteiger charge is 2.05. The van der Waals surface area contributed by atoms with Crippen molar-refractivity contribution in [2.24, 2.45) is 0 Å². The number of sulfone groups is 1. The van der Waals surface area contributed by atoms with E-state index in [0.717, 1.165) is 10.0 Å². The third-order valence-electron chi connectivity index (χ3n) is 1.86. The van der Waals surface area contributed by atoms with Gasteiger partial charge in [-0.3, -0.25) is 0 Å². The number of hydrogen-bond acceptors (Lipinski definition) is 3. The molecule has 0 unspecified atom stereocenters. The van der Waals surface area contributed by atoms with E-state index in [4.69, 9.17) is 16.3 Å². The average Bonchev–Trinajstić information content (AvgIpc) is 2.18. The third-order valence-corrected chi connectivity index (χ3v) is 3.70. The zero-order valence-electron chi connectivity index (χ0n) is 8.74. The molecular formula is C10H12BrClO3S. The number of halogens is 2. The number of rotatable bonds is 5. The van der Waals surface area contributed by atoms with Crippen LogP contribution in [0.3, 0.4) is 0 Å². The summed E-state index contributed by atoms with van der Waals surface area (Å²) in [4.78, 5) is 0. The summed E-state index contributed by atoms with van der Waals surface area (Å²) in [5.74, 6) is 1.07. The number of alkyl halides is 1. The van der Waals surface area contributed by atoms with Crippen LogP contribution >= 0.6 is 27.5 Å². The highest BCUT2D eigenvalue weighted by molar-refractivity contribution is 9.10. The van der Waals surface area contributed by atoms with Gasteiger partial charge in [0.15, 0.2) is 9.84 Å². The summed E-state index contributed by atoms with van der Waals surface area (Å²) in [7, 11) is -2.98. The van der Waals surface area contributed by atoms with E-state index in [1.54, 1.807) is 6.07 Å². The van der Waals surface area contributed by atoms with E-state index in [0.29, 0.717) is 11.6 Å². The van der Waals surface area contributed by atoms with Crippen molar-refractivity contribution in [2.45, 2.75) is 5.88 Å². The van der Waals surface area contributed by atoms with E-state index < -0.39 is 9.84 Å². The van der Waals surface area contributed by atoms with E-state index in [2.05, 4.69) is 15.9 Å². The number of hydrogen-bond donors (Lipinski definition) is 0. The fourth-order valence-corrected chi connectivity index (χ4v) is 2.14. The van der Waals surface area contributed by atoms with E-state index in [-0.39, 0.29) is 12.4 Å². The van der Waals surface area contributed by atoms with Gasteiger partial charge in [-0.05, 0) is 33.6 Å². The zero-order valence-corrected chi connectivity index (χ0v) is 11.9. The van der Waals surface area contributed by atoms with Crippen molar-refractivity contribution in [1.29, 1.82) is 0 Å². The molecule has 0 aromatic heterocycles. The molecule has 0 saturated carbocycles. The Morgan fingerprint density at radius 1 is 1.44 bits per heavy atom. The summed E-state index contributed by atoms with van der Waals surface area (Å²) < 4.78 is 27.9. The fourth-order valence-electron chi connectivity index (χ4n) is 1.05. The second kappa shape index (κ2) is 5.89. The van der Waals surface area contributed by atoms with Gasteiger partial charge in [0.05, 0.1) is 10.2 Å². The molecular weight excluding hydrogens is 316 g/mol. The SMILES string of the molecule is CS(=O)(=O)CCOc1ccc(CCl)cc1Br. The Morgan fingerprint density at radius 3 is 2.62 bits per heavy atom. The van der Waals surface area contributed by atoms with Gasteiger partial charge in [0.2, 0.25) is 0 Å². The molecule has 0 saturated heterocycles. The van der Waals surface area contributed by atoms with Crippen LogP contribution in [0, 0.1) is 0 Å². The lowest BCUT2D eigenvalue weighted by Gasteiger charge is -2.08. The molecule has 1 aromatic rings. The van der Waals surface area contributed by atoms with Crippen molar-refractivity contribution in [2.75, 3.05) is 18.6 Å². The van der Waals surface area contributed by atoms with E-state index in [1.807, 2.05) is 12.1 Å². The molecule has 0 bridgehead atoms. The Kier molecular flexibility index (Phi) is 5.08. The van der Waals surface area contributed by atoms with E-state index >= 15 is 0 Å². The van der Waals surface area contributed by atoms with Crippen LogP contribution in [0.25, 0.3) is 0 Å². The molecule has 0 aliphatic rings. The highest BCUT2D eigenvalue weighted by atomic mass is 79.9. The van der Waals surface area contributed by atoms with Crippen LogP contribution in [-0.2, 0) is 15.7 Å². The largest absolute Gasteiger partial charge is 0.491 e. The molecule has 0 heterocycles. The summed E-state index contributed by atoms with van der Waals surface area (Å²) in [6.07, 6.45) is 1.18. The maximum atomic E-state index is 10.9. The topological polar surface area (TPSA) is 43.4 Å². The fraction of sp³-hybridized carbons (Fsp3) is 0.400. The lowest BCUT2D eigenvalue weighted by molar-refractivity contribution is 0.339. The van der Waals surface area contributed by atoms with E-state index in [9.17, 15) is 8.42 Å². The third kappa shape index (κ3) is 4.72. The maximum Gasteiger partial charge on any atom is 0.150 e. The first-order valence-corrected chi connectivity index (χ1v) is 7.96. The van der Waals surface area contributed by atoms with Gasteiger partial charge in [0, 0.05) is 12.1 Å². The molecule has 0 aliphatic heterocycles. The van der Waals surface area contributed by atoms with Crippen molar-refractivity contribution in [3.8, 4) is 5.75 Å². The van der Waals surface area contributed by atoms with Crippen LogP contribution in [0.5, 0.6) is 5.75 Å². The minimum atomic E-state index is -2.98. The highest BCUT2D eigenvalue weighted by Crippen LogP contribution is 2.26. The van der Waals surface area contributed by atoms with Crippen molar-refractivity contribution in [3.63, 3.8) is 0 Å². The van der Waals surface area contributed by atoms with E-state index in [1.165, 1.54) is 6.26 Å². The van der Waals surface area contributed by atoms with Gasteiger partial charge in [-0.1, -0.05) is 6.07 Å². The normalized spacial score (nSPS) is 11.4. The Balaban J connectivity index is 2.61. The van der Waals surface area contributed by atoms with Gasteiger partial charge < -0.3 is 4.74 Å². The first kappa shape index (κ1) is 13.8. The second-order valence-corrected chi connectivity index (χ2v) is 6.76. The van der Waals surface area contributed by atoms with Crippen molar-refractivity contribution < 1.29 is 13.2 Å². The van der Waals surface area contributed by atoms with Crippen molar-refractivity contribution in [3.05, 3.63) is 28.2 Å². The summed E-state index contributed by atoms with van der Waals surface area (Å²) in [6, 6.07) is 5.46. The molecule has 1 rings (SSSR count). The minimum absolute atomic E-state index is 0.0106. The molecule has 3 nitrogen and oxygen atoms in total. The van der Waals surface area contributed by atoms with Crippen LogP contribution < -0.4 is 4.74 Å². The first-order chi connectivity index (χ1) is 7.42. The molecule has 16 heavy (non-hydrogen) atoms. The Hall–Kier alpha value is -0.260. The second-order valence-electron chi connectivity index (χ2n) is 3.38. The van der Waals surface area contributed by atoms with Gasteiger partial charge in [0.1, 0.15) is 12.4 Å². The van der Waals surface area contributed by atoms with Crippen LogP contribution in [0.15, 0.2) is 22.7 Å². The molecule has 0 aliphatic carbocycles. The molecule has 0 radical (unpaired) electrons. The quantitative estimate of drug-likeness (QED) is 0.781. The molecule has 6 heteroatoms. The average molecular weight is 328 g/mol. The molecule has 0 fully saturated rings. The Morgan fingerprint density at radius 2 is 2.12 bits per heavy atom. The van der Waals surface area contributed by atoms with Crippen LogP contribution in [0.2, 0.25) is 0 Å². The summed E-state index contributed by atoms with van der Waals surface area (Å²) >= 11 is 9.01. The first-order valence-electron chi connectivity index (χ1n) is 4.57. The zero-order chi connectivity index (χ0) is 12.2. The van der Waals surface area contributed by atoms with Gasteiger partial charge in [-0.25, -0.2) is 8.42 Å². The lowest BCUT2D eigenvalue weighted by Crippen LogP contribution is -2.12. The van der Waals surface area contributed by atoms with Gasteiger partial charge in [-0.15, -0.1) is 11.6 Å². The number of benzene rings is 1. The lowest BCUT2D eigenvalue weighted by atomic mass is 10.2. The maximum absolute atomic E-state index is 10.9. The van der Waals surface area contributed by atoms with Crippen LogP contribution in [0.4, 0.5) is 0 Å². The van der Waals surface area contributed by atoms with Gasteiger partial charge in [0.25, 0.3) is 0 Å².